The zero-order valence-corrected chi connectivity index (χ0v) is 8.82. The molecule has 0 saturated heterocycles. The summed E-state index contributed by atoms with van der Waals surface area (Å²) >= 11 is 4.40. The van der Waals surface area contributed by atoms with Crippen LogP contribution in [0.5, 0.6) is 0 Å². The summed E-state index contributed by atoms with van der Waals surface area (Å²) < 4.78 is 0. The van der Waals surface area contributed by atoms with Gasteiger partial charge < -0.3 is 0 Å². The average Bonchev–Trinajstić information content (AvgIpc) is 2.55. The van der Waals surface area contributed by atoms with Gasteiger partial charge in [0.15, 0.2) is 0 Å². The first-order chi connectivity index (χ1) is 5.20. The molecular weight excluding hydrogens is 152 g/mol. The molecule has 0 aromatic rings. The van der Waals surface area contributed by atoms with Crippen LogP contribution in [0.3, 0.4) is 0 Å². The fraction of sp³-hybridized carbons (Fsp3) is 1.00. The van der Waals surface area contributed by atoms with Crippen LogP contribution in [0.25, 0.3) is 0 Å². The Labute approximate surface area is 76.2 Å². The van der Waals surface area contributed by atoms with E-state index >= 15 is 0 Å². The summed E-state index contributed by atoms with van der Waals surface area (Å²) in [6.45, 7) is 7.03. The molecule has 1 heteroatoms. The second-order valence-corrected chi connectivity index (χ2v) is 4.42. The minimum absolute atomic E-state index is 0.658. The monoisotopic (exact) mass is 172 g/mol. The molecule has 0 aromatic carbocycles. The van der Waals surface area contributed by atoms with Crippen LogP contribution in [0.2, 0.25) is 0 Å². The Morgan fingerprint density at radius 2 is 1.91 bits per heavy atom. The van der Waals surface area contributed by atoms with Gasteiger partial charge in [0.2, 0.25) is 0 Å². The predicted molar refractivity (Wildman–Crippen MR) is 54.1 cm³/mol. The van der Waals surface area contributed by atoms with Crippen LogP contribution in [-0.4, -0.2) is 5.75 Å². The third-order valence-electron chi connectivity index (χ3n) is 3.50. The van der Waals surface area contributed by atoms with Crippen LogP contribution >= 0.6 is 12.6 Å². The van der Waals surface area contributed by atoms with Gasteiger partial charge in [-0.15, -0.1) is 0 Å². The number of hydrogen-bond acceptors (Lipinski definition) is 1. The molecule has 0 radical (unpaired) electrons. The van der Waals surface area contributed by atoms with Crippen LogP contribution in [-0.2, 0) is 0 Å². The summed E-state index contributed by atoms with van der Waals surface area (Å²) in [6.07, 6.45) is 4.08. The van der Waals surface area contributed by atoms with Crippen molar-refractivity contribution < 1.29 is 0 Å². The van der Waals surface area contributed by atoms with Crippen molar-refractivity contribution in [3.8, 4) is 0 Å². The van der Waals surface area contributed by atoms with E-state index in [9.17, 15) is 0 Å². The molecule has 0 nitrogen and oxygen atoms in total. The van der Waals surface area contributed by atoms with Gasteiger partial charge in [0.1, 0.15) is 0 Å². The average molecular weight is 172 g/mol. The molecule has 0 amide bonds. The smallest absolute Gasteiger partial charge is 0.00613 e. The molecule has 0 N–H and O–H groups in total. The maximum absolute atomic E-state index is 4.40. The molecule has 3 atom stereocenters. The molecule has 2 unspecified atom stereocenters. The van der Waals surface area contributed by atoms with Gasteiger partial charge in [-0.2, -0.15) is 12.6 Å². The lowest BCUT2D eigenvalue weighted by atomic mass is 9.98. The number of thiol groups is 1. The highest BCUT2D eigenvalue weighted by molar-refractivity contribution is 7.80. The Kier molecular flexibility index (Phi) is 2.90. The Hall–Kier alpha value is 0.350. The first-order valence-corrected chi connectivity index (χ1v) is 5.44. The largest absolute Gasteiger partial charge is 0.179 e. The lowest BCUT2D eigenvalue weighted by Gasteiger charge is -2.08. The first kappa shape index (κ1) is 9.44. The van der Waals surface area contributed by atoms with E-state index in [2.05, 4.69) is 33.4 Å². The van der Waals surface area contributed by atoms with Crippen molar-refractivity contribution in [2.45, 2.75) is 40.0 Å². The highest BCUT2D eigenvalue weighted by Crippen LogP contribution is 2.63. The zero-order chi connectivity index (χ0) is 8.48. The van der Waals surface area contributed by atoms with E-state index in [-0.39, 0.29) is 0 Å². The molecule has 1 aliphatic rings. The van der Waals surface area contributed by atoms with Crippen LogP contribution in [0.4, 0.5) is 0 Å². The van der Waals surface area contributed by atoms with Gasteiger partial charge in [0.05, 0.1) is 0 Å². The van der Waals surface area contributed by atoms with E-state index in [0.717, 1.165) is 17.6 Å². The normalized spacial score (nSPS) is 42.5. The molecule has 0 aliphatic heterocycles. The van der Waals surface area contributed by atoms with Crippen LogP contribution < -0.4 is 0 Å². The fourth-order valence-corrected chi connectivity index (χ4v) is 3.43. The SMILES string of the molecule is CCCC1(C)C(CS)[C@H]1CC. The molecule has 1 rings (SSSR count). The van der Waals surface area contributed by atoms with Crippen LogP contribution in [0.1, 0.15) is 40.0 Å². The second-order valence-electron chi connectivity index (χ2n) is 4.06. The maximum Gasteiger partial charge on any atom is -0.00613 e. The van der Waals surface area contributed by atoms with Gasteiger partial charge in [0, 0.05) is 0 Å². The van der Waals surface area contributed by atoms with Gasteiger partial charge in [-0.25, -0.2) is 0 Å². The summed E-state index contributed by atoms with van der Waals surface area (Å²) in [5.41, 5.74) is 0.658. The number of hydrogen-bond donors (Lipinski definition) is 1. The van der Waals surface area contributed by atoms with Gasteiger partial charge in [0.25, 0.3) is 0 Å². The van der Waals surface area contributed by atoms with E-state index in [4.69, 9.17) is 0 Å². The summed E-state index contributed by atoms with van der Waals surface area (Å²) in [5, 5.41) is 0. The topological polar surface area (TPSA) is 0 Å². The Morgan fingerprint density at radius 1 is 1.27 bits per heavy atom. The molecule has 0 aromatic heterocycles. The van der Waals surface area contributed by atoms with E-state index < -0.39 is 0 Å². The van der Waals surface area contributed by atoms with Crippen molar-refractivity contribution in [2.75, 3.05) is 5.75 Å². The summed E-state index contributed by atoms with van der Waals surface area (Å²) in [4.78, 5) is 0. The second kappa shape index (κ2) is 3.38. The van der Waals surface area contributed by atoms with Crippen LogP contribution in [0, 0.1) is 17.3 Å². The Morgan fingerprint density at radius 3 is 2.18 bits per heavy atom. The van der Waals surface area contributed by atoms with Crippen molar-refractivity contribution in [1.82, 2.24) is 0 Å². The first-order valence-electron chi connectivity index (χ1n) is 4.81. The lowest BCUT2D eigenvalue weighted by Crippen LogP contribution is -1.99. The van der Waals surface area contributed by atoms with Crippen molar-refractivity contribution in [3.05, 3.63) is 0 Å². The third-order valence-corrected chi connectivity index (χ3v) is 3.89. The highest BCUT2D eigenvalue weighted by Gasteiger charge is 2.57. The van der Waals surface area contributed by atoms with E-state index in [0.29, 0.717) is 5.41 Å². The molecule has 1 aliphatic carbocycles. The van der Waals surface area contributed by atoms with Gasteiger partial charge in [-0.1, -0.05) is 33.6 Å². The molecule has 1 fully saturated rings. The van der Waals surface area contributed by atoms with Crippen molar-refractivity contribution in [2.24, 2.45) is 17.3 Å². The minimum Gasteiger partial charge on any atom is -0.179 e. The Bertz CT molecular complexity index is 121. The van der Waals surface area contributed by atoms with Crippen molar-refractivity contribution in [3.63, 3.8) is 0 Å². The van der Waals surface area contributed by atoms with Gasteiger partial charge in [-0.3, -0.25) is 0 Å². The highest BCUT2D eigenvalue weighted by atomic mass is 32.1. The summed E-state index contributed by atoms with van der Waals surface area (Å²) in [6, 6.07) is 0. The summed E-state index contributed by atoms with van der Waals surface area (Å²) in [7, 11) is 0. The standard InChI is InChI=1S/C10H20S/c1-4-6-10(3)8(5-2)9(10)7-11/h8-9,11H,4-7H2,1-3H3/t8-,9?,10?/m1/s1. The zero-order valence-electron chi connectivity index (χ0n) is 7.93. The van der Waals surface area contributed by atoms with Gasteiger partial charge in [-0.05, 0) is 29.4 Å². The third kappa shape index (κ3) is 1.44. The van der Waals surface area contributed by atoms with E-state index in [1.165, 1.54) is 19.3 Å². The quantitative estimate of drug-likeness (QED) is 0.618. The molecule has 1 saturated carbocycles. The summed E-state index contributed by atoms with van der Waals surface area (Å²) in [5.74, 6) is 2.98. The van der Waals surface area contributed by atoms with Crippen molar-refractivity contribution >= 4 is 12.6 Å². The molecular formula is C10H20S. The predicted octanol–water partition coefficient (Wildman–Crippen LogP) is 3.38. The minimum atomic E-state index is 0.658. The molecule has 0 bridgehead atoms. The fourth-order valence-electron chi connectivity index (χ4n) is 2.76. The molecule has 0 spiro atoms. The van der Waals surface area contributed by atoms with E-state index in [1.54, 1.807) is 0 Å². The lowest BCUT2D eigenvalue weighted by molar-refractivity contribution is 0.435. The van der Waals surface area contributed by atoms with Gasteiger partial charge >= 0.3 is 0 Å². The van der Waals surface area contributed by atoms with Crippen LogP contribution in [0.15, 0.2) is 0 Å². The van der Waals surface area contributed by atoms with E-state index in [1.807, 2.05) is 0 Å². The molecule has 0 heterocycles. The Balaban J connectivity index is 2.46. The maximum atomic E-state index is 4.40. The van der Waals surface area contributed by atoms with Crippen molar-refractivity contribution in [1.29, 1.82) is 0 Å². The molecule has 11 heavy (non-hydrogen) atoms. The number of rotatable bonds is 4. The molecule has 66 valence electrons.